The second-order valence-electron chi connectivity index (χ2n) is 3.32. The Bertz CT molecular complexity index is 161. The summed E-state index contributed by atoms with van der Waals surface area (Å²) in [5.74, 6) is 0. The van der Waals surface area contributed by atoms with Crippen LogP contribution in [0.25, 0.3) is 0 Å². The molecule has 1 aliphatic heterocycles. The quantitative estimate of drug-likeness (QED) is 0.374. The molecule has 1 aliphatic rings. The molecule has 0 aromatic heterocycles. The van der Waals surface area contributed by atoms with E-state index in [1.165, 1.54) is 0 Å². The lowest BCUT2D eigenvalue weighted by molar-refractivity contribution is -0.248. The van der Waals surface area contributed by atoms with Gasteiger partial charge in [-0.1, -0.05) is 0 Å². The molecule has 0 aromatic rings. The van der Waals surface area contributed by atoms with Crippen molar-refractivity contribution in [3.05, 3.63) is 0 Å². The van der Waals surface area contributed by atoms with E-state index in [-0.39, 0.29) is 6.61 Å². The first-order valence-electron chi connectivity index (χ1n) is 3.86. The third kappa shape index (κ3) is 1.60. The van der Waals surface area contributed by atoms with E-state index in [1.807, 2.05) is 0 Å². The molecule has 12 heavy (non-hydrogen) atoms. The van der Waals surface area contributed by atoms with Crippen LogP contribution in [0.5, 0.6) is 0 Å². The van der Waals surface area contributed by atoms with Crippen LogP contribution in [0.2, 0.25) is 0 Å². The van der Waals surface area contributed by atoms with Gasteiger partial charge in [0.05, 0.1) is 12.6 Å². The lowest BCUT2D eigenvalue weighted by Crippen LogP contribution is -2.64. The summed E-state index contributed by atoms with van der Waals surface area (Å²) >= 11 is 0. The first kappa shape index (κ1) is 9.88. The topological polar surface area (TPSA) is 82.0 Å². The van der Waals surface area contributed by atoms with Crippen LogP contribution < -0.4 is 5.32 Å². The van der Waals surface area contributed by atoms with E-state index in [0.29, 0.717) is 0 Å². The van der Waals surface area contributed by atoms with Crippen molar-refractivity contribution in [3.63, 3.8) is 0 Å². The summed E-state index contributed by atoms with van der Waals surface area (Å²) in [5.41, 5.74) is -1.15. The zero-order valence-electron chi connectivity index (χ0n) is 7.19. The molecule has 0 aliphatic carbocycles. The first-order valence-corrected chi connectivity index (χ1v) is 3.86. The van der Waals surface area contributed by atoms with Crippen molar-refractivity contribution in [1.29, 1.82) is 0 Å². The molecular formula is C7H15NO4. The van der Waals surface area contributed by atoms with Gasteiger partial charge in [-0.3, -0.25) is 0 Å². The fourth-order valence-corrected chi connectivity index (χ4v) is 1.46. The fraction of sp³-hybridized carbons (Fsp3) is 1.00. The summed E-state index contributed by atoms with van der Waals surface area (Å²) < 4.78 is 4.75. The molecular weight excluding hydrogens is 162 g/mol. The van der Waals surface area contributed by atoms with Crippen molar-refractivity contribution in [2.24, 2.45) is 0 Å². The van der Waals surface area contributed by atoms with Gasteiger partial charge in [-0.15, -0.1) is 0 Å². The second-order valence-corrected chi connectivity index (χ2v) is 3.32. The SMILES string of the molecule is CN[C@H]1[C@H](O)C(O)OC[C@@]1(C)O. The smallest absolute Gasteiger partial charge is 0.182 e. The van der Waals surface area contributed by atoms with Gasteiger partial charge in [-0.2, -0.15) is 0 Å². The molecule has 72 valence electrons. The summed E-state index contributed by atoms with van der Waals surface area (Å²) in [6, 6.07) is -0.568. The van der Waals surface area contributed by atoms with E-state index >= 15 is 0 Å². The highest BCUT2D eigenvalue weighted by molar-refractivity contribution is 4.96. The van der Waals surface area contributed by atoms with Gasteiger partial charge < -0.3 is 25.4 Å². The molecule has 0 aromatic carbocycles. The van der Waals surface area contributed by atoms with Gasteiger partial charge in [-0.05, 0) is 14.0 Å². The van der Waals surface area contributed by atoms with Gasteiger partial charge in [0.15, 0.2) is 6.29 Å². The number of aliphatic hydroxyl groups excluding tert-OH is 2. The van der Waals surface area contributed by atoms with Crippen LogP contribution >= 0.6 is 0 Å². The van der Waals surface area contributed by atoms with Gasteiger partial charge in [0.2, 0.25) is 0 Å². The Labute approximate surface area is 71.0 Å². The van der Waals surface area contributed by atoms with Crippen LogP contribution in [0.3, 0.4) is 0 Å². The Morgan fingerprint density at radius 1 is 1.50 bits per heavy atom. The van der Waals surface area contributed by atoms with Crippen molar-refractivity contribution in [2.75, 3.05) is 13.7 Å². The van der Waals surface area contributed by atoms with Gasteiger partial charge in [0.1, 0.15) is 11.7 Å². The molecule has 0 saturated carbocycles. The monoisotopic (exact) mass is 177 g/mol. The number of likely N-dealkylation sites (N-methyl/N-ethyl adjacent to an activating group) is 1. The number of rotatable bonds is 1. The largest absolute Gasteiger partial charge is 0.386 e. The minimum atomic E-state index is -1.22. The Morgan fingerprint density at radius 2 is 2.08 bits per heavy atom. The summed E-state index contributed by atoms with van der Waals surface area (Å²) in [4.78, 5) is 0. The van der Waals surface area contributed by atoms with Crippen molar-refractivity contribution in [3.8, 4) is 0 Å². The molecule has 0 radical (unpaired) electrons. The lowest BCUT2D eigenvalue weighted by Gasteiger charge is -2.42. The highest BCUT2D eigenvalue weighted by atomic mass is 16.6. The molecule has 0 spiro atoms. The Balaban J connectivity index is 2.72. The highest BCUT2D eigenvalue weighted by Gasteiger charge is 2.44. The standard InChI is InChI=1S/C7H15NO4/c1-7(11)3-12-6(10)4(9)5(7)8-2/h4-6,8-11H,3H2,1-2H3/t4-,5-,6?,7+/m0/s1. The average molecular weight is 177 g/mol. The minimum absolute atomic E-state index is 0.0106. The Hall–Kier alpha value is -0.200. The molecule has 5 heteroatoms. The van der Waals surface area contributed by atoms with Crippen LogP contribution in [0.1, 0.15) is 6.92 Å². The average Bonchev–Trinajstić information content (AvgIpc) is 1.99. The summed E-state index contributed by atoms with van der Waals surface area (Å²) in [7, 11) is 1.61. The van der Waals surface area contributed by atoms with Crippen LogP contribution in [0.15, 0.2) is 0 Å². The van der Waals surface area contributed by atoms with Gasteiger partial charge in [0.25, 0.3) is 0 Å². The maximum absolute atomic E-state index is 9.66. The molecule has 0 amide bonds. The van der Waals surface area contributed by atoms with Crippen molar-refractivity contribution < 1.29 is 20.1 Å². The van der Waals surface area contributed by atoms with Crippen LogP contribution in [0, 0.1) is 0 Å². The van der Waals surface area contributed by atoms with E-state index in [9.17, 15) is 10.2 Å². The number of nitrogens with one attached hydrogen (secondary N) is 1. The number of ether oxygens (including phenoxy) is 1. The van der Waals surface area contributed by atoms with Gasteiger partial charge >= 0.3 is 0 Å². The summed E-state index contributed by atoms with van der Waals surface area (Å²) in [5, 5.41) is 30.9. The molecule has 4 N–H and O–H groups in total. The van der Waals surface area contributed by atoms with E-state index in [1.54, 1.807) is 14.0 Å². The normalized spacial score (nSPS) is 49.2. The van der Waals surface area contributed by atoms with E-state index in [0.717, 1.165) is 0 Å². The minimum Gasteiger partial charge on any atom is -0.386 e. The zero-order chi connectivity index (χ0) is 9.35. The van der Waals surface area contributed by atoms with Crippen LogP contribution in [-0.4, -0.2) is 53.0 Å². The molecule has 1 unspecified atom stereocenters. The molecule has 1 rings (SSSR count). The maximum atomic E-state index is 9.66. The van der Waals surface area contributed by atoms with E-state index in [2.05, 4.69) is 5.32 Å². The van der Waals surface area contributed by atoms with Gasteiger partial charge in [0, 0.05) is 0 Å². The summed E-state index contributed by atoms with van der Waals surface area (Å²) in [6.45, 7) is 1.56. The molecule has 0 bridgehead atoms. The Morgan fingerprint density at radius 3 is 2.50 bits per heavy atom. The van der Waals surface area contributed by atoms with E-state index < -0.39 is 24.0 Å². The molecule has 1 saturated heterocycles. The highest BCUT2D eigenvalue weighted by Crippen LogP contribution is 2.22. The zero-order valence-corrected chi connectivity index (χ0v) is 7.19. The van der Waals surface area contributed by atoms with Crippen molar-refractivity contribution in [1.82, 2.24) is 5.32 Å². The molecule has 5 nitrogen and oxygen atoms in total. The van der Waals surface area contributed by atoms with Gasteiger partial charge in [-0.25, -0.2) is 0 Å². The number of aliphatic hydroxyl groups is 3. The van der Waals surface area contributed by atoms with Crippen LogP contribution in [0.4, 0.5) is 0 Å². The maximum Gasteiger partial charge on any atom is 0.182 e. The van der Waals surface area contributed by atoms with Crippen molar-refractivity contribution in [2.45, 2.75) is 31.0 Å². The van der Waals surface area contributed by atoms with Crippen LogP contribution in [-0.2, 0) is 4.74 Å². The Kier molecular flexibility index (Phi) is 2.70. The predicted octanol–water partition coefficient (Wildman–Crippen LogP) is -1.97. The lowest BCUT2D eigenvalue weighted by atomic mass is 9.90. The van der Waals surface area contributed by atoms with E-state index in [4.69, 9.17) is 9.84 Å². The third-order valence-electron chi connectivity index (χ3n) is 2.16. The fourth-order valence-electron chi connectivity index (χ4n) is 1.46. The first-order chi connectivity index (χ1) is 5.49. The molecule has 4 atom stereocenters. The third-order valence-corrected chi connectivity index (χ3v) is 2.16. The molecule has 1 fully saturated rings. The number of hydrogen-bond acceptors (Lipinski definition) is 5. The predicted molar refractivity (Wildman–Crippen MR) is 41.4 cm³/mol. The summed E-state index contributed by atoms with van der Waals surface area (Å²) in [6.07, 6.45) is -2.32. The second kappa shape index (κ2) is 3.27. The number of hydrogen-bond donors (Lipinski definition) is 4. The molecule has 1 heterocycles. The van der Waals surface area contributed by atoms with Crippen molar-refractivity contribution >= 4 is 0 Å².